The van der Waals surface area contributed by atoms with E-state index in [1.807, 2.05) is 6.92 Å². The molecule has 5 nitrogen and oxygen atoms in total. The van der Waals surface area contributed by atoms with E-state index in [2.05, 4.69) is 0 Å². The summed E-state index contributed by atoms with van der Waals surface area (Å²) in [5, 5.41) is 10.4. The monoisotopic (exact) mass is 211 g/mol. The van der Waals surface area contributed by atoms with Crippen LogP contribution in [0.2, 0.25) is 0 Å². The number of methoxy groups -OCH3 is 2. The lowest BCUT2D eigenvalue weighted by molar-refractivity contribution is -0.496. The summed E-state index contributed by atoms with van der Waals surface area (Å²) in [7, 11) is 3.05. The number of hydrogen-bond donors (Lipinski definition) is 0. The first-order chi connectivity index (χ1) is 7.08. The lowest BCUT2D eigenvalue weighted by atomic mass is 10.1. The van der Waals surface area contributed by atoms with Crippen LogP contribution in [0.4, 0.5) is 0 Å². The predicted molar refractivity (Wildman–Crippen MR) is 55.0 cm³/mol. The maximum atomic E-state index is 10.4. The van der Waals surface area contributed by atoms with Crippen molar-refractivity contribution in [1.29, 1.82) is 0 Å². The van der Waals surface area contributed by atoms with Crippen molar-refractivity contribution in [3.8, 4) is 11.5 Å². The van der Waals surface area contributed by atoms with Gasteiger partial charge in [0.05, 0.1) is 14.2 Å². The first-order valence-corrected chi connectivity index (χ1v) is 4.41. The van der Waals surface area contributed by atoms with Crippen LogP contribution in [-0.4, -0.2) is 19.1 Å². The molecular formula is C10H13NO4. The summed E-state index contributed by atoms with van der Waals surface area (Å²) in [5.74, 6) is 1.21. The maximum absolute atomic E-state index is 10.4. The number of hydrogen-bond acceptors (Lipinski definition) is 4. The summed E-state index contributed by atoms with van der Waals surface area (Å²) in [5.41, 5.74) is 1.41. The Morgan fingerprint density at radius 2 is 1.73 bits per heavy atom. The van der Waals surface area contributed by atoms with Gasteiger partial charge in [0.25, 0.3) is 0 Å². The lowest BCUT2D eigenvalue weighted by Gasteiger charge is -2.10. The summed E-state index contributed by atoms with van der Waals surface area (Å²) in [6, 6.07) is 3.31. The molecule has 0 atom stereocenters. The quantitative estimate of drug-likeness (QED) is 0.562. The second-order valence-electron chi connectivity index (χ2n) is 3.12. The van der Waals surface area contributed by atoms with Gasteiger partial charge in [0.15, 0.2) is 0 Å². The van der Waals surface area contributed by atoms with Gasteiger partial charge in [0, 0.05) is 16.1 Å². The van der Waals surface area contributed by atoms with Crippen LogP contribution >= 0.6 is 0 Å². The molecule has 15 heavy (non-hydrogen) atoms. The topological polar surface area (TPSA) is 61.6 Å². The molecule has 0 N–H and O–H groups in total. The third-order valence-corrected chi connectivity index (χ3v) is 2.12. The molecule has 0 fully saturated rings. The van der Waals surface area contributed by atoms with E-state index < -0.39 is 0 Å². The van der Waals surface area contributed by atoms with Gasteiger partial charge in [-0.15, -0.1) is 0 Å². The average Bonchev–Trinajstić information content (AvgIpc) is 2.19. The van der Waals surface area contributed by atoms with Gasteiger partial charge in [-0.1, -0.05) is 0 Å². The highest BCUT2D eigenvalue weighted by Gasteiger charge is 2.11. The van der Waals surface area contributed by atoms with Gasteiger partial charge < -0.3 is 9.47 Å². The highest BCUT2D eigenvalue weighted by Crippen LogP contribution is 2.29. The molecule has 0 amide bonds. The standard InChI is InChI=1S/C10H13NO4/c1-7-9(14-2)4-8(6-11(12)13)5-10(7)15-3/h4-5H,6H2,1-3H3. The van der Waals surface area contributed by atoms with Crippen molar-refractivity contribution >= 4 is 0 Å². The van der Waals surface area contributed by atoms with E-state index in [1.54, 1.807) is 12.1 Å². The van der Waals surface area contributed by atoms with Gasteiger partial charge >= 0.3 is 0 Å². The zero-order valence-electron chi connectivity index (χ0n) is 8.94. The lowest BCUT2D eigenvalue weighted by Crippen LogP contribution is -2.01. The van der Waals surface area contributed by atoms with Crippen LogP contribution < -0.4 is 9.47 Å². The van der Waals surface area contributed by atoms with Crippen molar-refractivity contribution in [2.75, 3.05) is 14.2 Å². The molecule has 1 aromatic rings. The summed E-state index contributed by atoms with van der Waals surface area (Å²) in [4.78, 5) is 9.99. The fourth-order valence-electron chi connectivity index (χ4n) is 1.38. The van der Waals surface area contributed by atoms with Crippen molar-refractivity contribution in [2.45, 2.75) is 13.5 Å². The minimum absolute atomic E-state index is 0.229. The molecule has 0 unspecified atom stereocenters. The van der Waals surface area contributed by atoms with E-state index in [9.17, 15) is 10.1 Å². The number of benzene rings is 1. The van der Waals surface area contributed by atoms with Crippen LogP contribution in [0.5, 0.6) is 11.5 Å². The molecule has 0 saturated heterocycles. The summed E-state index contributed by atoms with van der Waals surface area (Å²) >= 11 is 0. The van der Waals surface area contributed by atoms with Crippen LogP contribution in [0, 0.1) is 17.0 Å². The van der Waals surface area contributed by atoms with Crippen LogP contribution in [0.3, 0.4) is 0 Å². The molecule has 0 aliphatic heterocycles. The Balaban J connectivity index is 3.14. The van der Waals surface area contributed by atoms with Crippen molar-refractivity contribution in [2.24, 2.45) is 0 Å². The molecule has 0 radical (unpaired) electrons. The fourth-order valence-corrected chi connectivity index (χ4v) is 1.38. The number of nitro groups is 1. The molecule has 1 rings (SSSR count). The normalized spacial score (nSPS) is 9.80. The minimum Gasteiger partial charge on any atom is -0.496 e. The molecule has 0 aliphatic rings. The van der Waals surface area contributed by atoms with Crippen molar-refractivity contribution < 1.29 is 14.4 Å². The Kier molecular flexibility index (Phi) is 3.49. The van der Waals surface area contributed by atoms with Gasteiger partial charge in [0.1, 0.15) is 11.5 Å². The van der Waals surface area contributed by atoms with Crippen molar-refractivity contribution in [1.82, 2.24) is 0 Å². The summed E-state index contributed by atoms with van der Waals surface area (Å²) in [6.07, 6.45) is 0. The van der Waals surface area contributed by atoms with E-state index in [-0.39, 0.29) is 11.5 Å². The van der Waals surface area contributed by atoms with Gasteiger partial charge in [0.2, 0.25) is 6.54 Å². The summed E-state index contributed by atoms with van der Waals surface area (Å²) in [6.45, 7) is 1.61. The molecule has 0 aliphatic carbocycles. The molecular weight excluding hydrogens is 198 g/mol. The molecule has 0 spiro atoms. The number of rotatable bonds is 4. The maximum Gasteiger partial charge on any atom is 0.229 e. The Bertz CT molecular complexity index is 351. The van der Waals surface area contributed by atoms with Crippen molar-refractivity contribution in [3.05, 3.63) is 33.4 Å². The van der Waals surface area contributed by atoms with Crippen LogP contribution in [0.15, 0.2) is 12.1 Å². The second kappa shape index (κ2) is 4.63. The van der Waals surface area contributed by atoms with Gasteiger partial charge in [-0.05, 0) is 19.1 Å². The summed E-state index contributed by atoms with van der Waals surface area (Å²) < 4.78 is 10.2. The number of nitrogens with zero attached hydrogens (tertiary/aromatic N) is 1. The van der Waals surface area contributed by atoms with Gasteiger partial charge in [-0.25, -0.2) is 0 Å². The first kappa shape index (κ1) is 11.3. The highest BCUT2D eigenvalue weighted by molar-refractivity contribution is 5.46. The SMILES string of the molecule is COc1cc(C[N+](=O)[O-])cc(OC)c1C. The molecule has 0 aromatic heterocycles. The predicted octanol–water partition coefficient (Wildman–Crippen LogP) is 1.79. The zero-order valence-corrected chi connectivity index (χ0v) is 8.94. The van der Waals surface area contributed by atoms with E-state index in [0.29, 0.717) is 17.1 Å². The van der Waals surface area contributed by atoms with E-state index >= 15 is 0 Å². The first-order valence-electron chi connectivity index (χ1n) is 4.41. The Labute approximate surface area is 87.8 Å². The third-order valence-electron chi connectivity index (χ3n) is 2.12. The molecule has 0 saturated carbocycles. The van der Waals surface area contributed by atoms with Gasteiger partial charge in [-0.3, -0.25) is 10.1 Å². The molecule has 0 heterocycles. The highest BCUT2D eigenvalue weighted by atomic mass is 16.6. The largest absolute Gasteiger partial charge is 0.496 e. The van der Waals surface area contributed by atoms with E-state index in [1.165, 1.54) is 14.2 Å². The Hall–Kier alpha value is -1.78. The molecule has 0 bridgehead atoms. The van der Waals surface area contributed by atoms with Crippen molar-refractivity contribution in [3.63, 3.8) is 0 Å². The average molecular weight is 211 g/mol. The van der Waals surface area contributed by atoms with E-state index in [0.717, 1.165) is 5.56 Å². The van der Waals surface area contributed by atoms with Crippen LogP contribution in [0.1, 0.15) is 11.1 Å². The second-order valence-corrected chi connectivity index (χ2v) is 3.12. The molecule has 82 valence electrons. The van der Waals surface area contributed by atoms with Gasteiger partial charge in [-0.2, -0.15) is 0 Å². The molecule has 1 aromatic carbocycles. The van der Waals surface area contributed by atoms with Crippen LogP contribution in [-0.2, 0) is 6.54 Å². The molecule has 5 heteroatoms. The smallest absolute Gasteiger partial charge is 0.229 e. The zero-order chi connectivity index (χ0) is 11.4. The third kappa shape index (κ3) is 2.59. The number of ether oxygens (including phenoxy) is 2. The Morgan fingerprint density at radius 3 is 2.07 bits per heavy atom. The fraction of sp³-hybridized carbons (Fsp3) is 0.400. The van der Waals surface area contributed by atoms with E-state index in [4.69, 9.17) is 9.47 Å². The minimum atomic E-state index is -0.385. The Morgan fingerprint density at radius 1 is 1.27 bits per heavy atom. The van der Waals surface area contributed by atoms with Crippen LogP contribution in [0.25, 0.3) is 0 Å².